The van der Waals surface area contributed by atoms with Gasteiger partial charge in [0.25, 0.3) is 0 Å². The standard InChI is InChI=1S/C20H26N2O3S/c23-19-6-5-18(16-3-1-2-4-17(16)19)20(24)22-9-12-26-14-15(22)13-21-7-10-25-11-8-21/h1-4,15,18H,5-14H2. The van der Waals surface area contributed by atoms with Crippen LogP contribution in [0.4, 0.5) is 0 Å². The van der Waals surface area contributed by atoms with Gasteiger partial charge in [-0.1, -0.05) is 24.3 Å². The summed E-state index contributed by atoms with van der Waals surface area (Å²) in [5, 5.41) is 0. The number of hydrogen-bond acceptors (Lipinski definition) is 5. The first kappa shape index (κ1) is 18.0. The van der Waals surface area contributed by atoms with E-state index in [1.165, 1.54) is 0 Å². The van der Waals surface area contributed by atoms with Crippen molar-refractivity contribution in [2.24, 2.45) is 0 Å². The van der Waals surface area contributed by atoms with Crippen LogP contribution in [0.1, 0.15) is 34.7 Å². The van der Waals surface area contributed by atoms with Gasteiger partial charge in [-0.25, -0.2) is 0 Å². The zero-order valence-electron chi connectivity index (χ0n) is 15.1. The molecule has 2 atom stereocenters. The molecule has 0 radical (unpaired) electrons. The van der Waals surface area contributed by atoms with Crippen LogP contribution in [0.2, 0.25) is 0 Å². The first-order chi connectivity index (χ1) is 12.7. The van der Waals surface area contributed by atoms with Crippen LogP contribution in [0.5, 0.6) is 0 Å². The number of amides is 1. The fraction of sp³-hybridized carbons (Fsp3) is 0.600. The van der Waals surface area contributed by atoms with Crippen molar-refractivity contribution in [3.05, 3.63) is 35.4 Å². The molecule has 0 spiro atoms. The summed E-state index contributed by atoms with van der Waals surface area (Å²) in [4.78, 5) is 30.2. The highest BCUT2D eigenvalue weighted by Crippen LogP contribution is 2.34. The lowest BCUT2D eigenvalue weighted by atomic mass is 9.81. The Bertz CT molecular complexity index is 675. The summed E-state index contributed by atoms with van der Waals surface area (Å²) in [5.74, 6) is 2.21. The molecule has 2 unspecified atom stereocenters. The molecule has 2 saturated heterocycles. The van der Waals surface area contributed by atoms with E-state index in [2.05, 4.69) is 9.80 Å². The van der Waals surface area contributed by atoms with E-state index in [0.717, 1.165) is 62.0 Å². The molecule has 0 bridgehead atoms. The number of hydrogen-bond donors (Lipinski definition) is 0. The van der Waals surface area contributed by atoms with Crippen LogP contribution in [0.15, 0.2) is 24.3 Å². The van der Waals surface area contributed by atoms with Gasteiger partial charge in [-0.2, -0.15) is 11.8 Å². The van der Waals surface area contributed by atoms with Crippen molar-refractivity contribution in [1.82, 2.24) is 9.80 Å². The average molecular weight is 375 g/mol. The fourth-order valence-electron chi connectivity index (χ4n) is 4.26. The summed E-state index contributed by atoms with van der Waals surface area (Å²) in [5.41, 5.74) is 1.67. The lowest BCUT2D eigenvalue weighted by Crippen LogP contribution is -2.54. The molecule has 4 rings (SSSR count). The molecule has 2 fully saturated rings. The van der Waals surface area contributed by atoms with E-state index in [0.29, 0.717) is 12.8 Å². The lowest BCUT2D eigenvalue weighted by Gasteiger charge is -2.41. The van der Waals surface area contributed by atoms with E-state index < -0.39 is 0 Å². The minimum atomic E-state index is -0.167. The minimum absolute atomic E-state index is 0.167. The molecule has 2 heterocycles. The second-order valence-corrected chi connectivity index (χ2v) is 8.42. The largest absolute Gasteiger partial charge is 0.379 e. The summed E-state index contributed by atoms with van der Waals surface area (Å²) < 4.78 is 5.45. The first-order valence-corrected chi connectivity index (χ1v) is 10.7. The first-order valence-electron chi connectivity index (χ1n) is 9.54. The van der Waals surface area contributed by atoms with Gasteiger partial charge >= 0.3 is 0 Å². The van der Waals surface area contributed by atoms with E-state index in [1.807, 2.05) is 36.0 Å². The molecule has 26 heavy (non-hydrogen) atoms. The highest BCUT2D eigenvalue weighted by atomic mass is 32.2. The zero-order chi connectivity index (χ0) is 17.9. The third-order valence-corrected chi connectivity index (χ3v) is 6.77. The molecule has 0 N–H and O–H groups in total. The van der Waals surface area contributed by atoms with Crippen molar-refractivity contribution < 1.29 is 14.3 Å². The van der Waals surface area contributed by atoms with Gasteiger partial charge in [-0.3, -0.25) is 14.5 Å². The molecule has 1 aliphatic carbocycles. The number of rotatable bonds is 3. The molecule has 2 aliphatic heterocycles. The summed E-state index contributed by atoms with van der Waals surface area (Å²) in [6, 6.07) is 7.92. The molecule has 0 saturated carbocycles. The zero-order valence-corrected chi connectivity index (χ0v) is 15.9. The van der Waals surface area contributed by atoms with Crippen molar-refractivity contribution in [2.75, 3.05) is 50.9 Å². The van der Waals surface area contributed by atoms with Crippen molar-refractivity contribution >= 4 is 23.5 Å². The maximum absolute atomic E-state index is 13.4. The Balaban J connectivity index is 1.52. The maximum Gasteiger partial charge on any atom is 0.230 e. The predicted octanol–water partition coefficient (Wildman–Crippen LogP) is 2.02. The highest BCUT2D eigenvalue weighted by Gasteiger charge is 2.37. The van der Waals surface area contributed by atoms with Gasteiger partial charge in [0, 0.05) is 49.7 Å². The molecule has 3 aliphatic rings. The predicted molar refractivity (Wildman–Crippen MR) is 103 cm³/mol. The van der Waals surface area contributed by atoms with E-state index in [4.69, 9.17) is 4.74 Å². The third kappa shape index (κ3) is 3.68. The van der Waals surface area contributed by atoms with E-state index in [9.17, 15) is 9.59 Å². The lowest BCUT2D eigenvalue weighted by molar-refractivity contribution is -0.135. The van der Waals surface area contributed by atoms with Crippen LogP contribution in [0.25, 0.3) is 0 Å². The number of Topliss-reactive ketones (excluding diaryl/α,β-unsaturated/α-hetero) is 1. The van der Waals surface area contributed by atoms with E-state index in [1.54, 1.807) is 0 Å². The number of benzene rings is 1. The third-order valence-electron chi connectivity index (χ3n) is 5.68. The average Bonchev–Trinajstić information content (AvgIpc) is 2.69. The van der Waals surface area contributed by atoms with Crippen LogP contribution in [-0.2, 0) is 9.53 Å². The van der Waals surface area contributed by atoms with Gasteiger partial charge in [0.05, 0.1) is 25.2 Å². The van der Waals surface area contributed by atoms with Crippen molar-refractivity contribution in [3.63, 3.8) is 0 Å². The number of morpholine rings is 1. The van der Waals surface area contributed by atoms with Gasteiger partial charge in [0.15, 0.2) is 5.78 Å². The summed E-state index contributed by atoms with van der Waals surface area (Å²) in [6.45, 7) is 5.20. The molecule has 140 valence electrons. The minimum Gasteiger partial charge on any atom is -0.379 e. The molecule has 6 heteroatoms. The number of carbonyl (C=O) groups is 2. The molecular formula is C20H26N2O3S. The number of ketones is 1. The number of carbonyl (C=O) groups excluding carboxylic acids is 2. The Morgan fingerprint density at radius 2 is 2.00 bits per heavy atom. The fourth-order valence-corrected chi connectivity index (χ4v) is 5.30. The topological polar surface area (TPSA) is 49.9 Å². The molecule has 0 aromatic heterocycles. The van der Waals surface area contributed by atoms with Crippen molar-refractivity contribution in [1.29, 1.82) is 0 Å². The Morgan fingerprint density at radius 1 is 1.19 bits per heavy atom. The molecule has 5 nitrogen and oxygen atoms in total. The number of fused-ring (bicyclic) bond motifs is 1. The van der Waals surface area contributed by atoms with E-state index in [-0.39, 0.29) is 23.7 Å². The van der Waals surface area contributed by atoms with Gasteiger partial charge in [-0.15, -0.1) is 0 Å². The summed E-state index contributed by atoms with van der Waals surface area (Å²) in [6.07, 6.45) is 1.12. The van der Waals surface area contributed by atoms with Crippen LogP contribution in [-0.4, -0.2) is 78.4 Å². The monoisotopic (exact) mass is 374 g/mol. The van der Waals surface area contributed by atoms with Gasteiger partial charge in [0.2, 0.25) is 5.91 Å². The van der Waals surface area contributed by atoms with Crippen LogP contribution in [0, 0.1) is 0 Å². The summed E-state index contributed by atoms with van der Waals surface area (Å²) in [7, 11) is 0. The Morgan fingerprint density at radius 3 is 2.85 bits per heavy atom. The van der Waals surface area contributed by atoms with E-state index >= 15 is 0 Å². The summed E-state index contributed by atoms with van der Waals surface area (Å²) >= 11 is 1.94. The van der Waals surface area contributed by atoms with Gasteiger partial charge < -0.3 is 9.64 Å². The molecular weight excluding hydrogens is 348 g/mol. The maximum atomic E-state index is 13.4. The molecule has 1 amide bonds. The van der Waals surface area contributed by atoms with Crippen LogP contribution < -0.4 is 0 Å². The molecule has 1 aromatic rings. The van der Waals surface area contributed by atoms with Crippen molar-refractivity contribution in [2.45, 2.75) is 24.8 Å². The Kier molecular flexibility index (Phi) is 5.62. The van der Waals surface area contributed by atoms with Crippen LogP contribution in [0.3, 0.4) is 0 Å². The number of thioether (sulfide) groups is 1. The van der Waals surface area contributed by atoms with Gasteiger partial charge in [0.1, 0.15) is 0 Å². The number of nitrogens with zero attached hydrogens (tertiary/aromatic N) is 2. The number of ether oxygens (including phenoxy) is 1. The molecule has 1 aromatic carbocycles. The Labute approximate surface area is 159 Å². The normalized spacial score (nSPS) is 27.2. The second kappa shape index (κ2) is 8.11. The second-order valence-electron chi connectivity index (χ2n) is 7.28. The highest BCUT2D eigenvalue weighted by molar-refractivity contribution is 7.99. The SMILES string of the molecule is O=C1CCC(C(=O)N2CCSCC2CN2CCOCC2)c2ccccc21. The quantitative estimate of drug-likeness (QED) is 0.810. The van der Waals surface area contributed by atoms with Crippen LogP contribution >= 0.6 is 11.8 Å². The van der Waals surface area contributed by atoms with Crippen molar-refractivity contribution in [3.8, 4) is 0 Å². The smallest absolute Gasteiger partial charge is 0.230 e. The van der Waals surface area contributed by atoms with Gasteiger partial charge in [-0.05, 0) is 12.0 Å². The Hall–Kier alpha value is -1.37.